The summed E-state index contributed by atoms with van der Waals surface area (Å²) in [6, 6.07) is 26.0. The van der Waals surface area contributed by atoms with Crippen molar-refractivity contribution >= 4 is 29.0 Å². The van der Waals surface area contributed by atoms with Crippen LogP contribution in [0.25, 0.3) is 32.8 Å². The lowest BCUT2D eigenvalue weighted by Crippen LogP contribution is -2.48. The number of aryl methyl sites for hydroxylation is 1. The number of aliphatic hydroxyl groups is 1. The number of anilines is 1. The number of hydrogen-bond acceptors (Lipinski definition) is 15. The summed E-state index contributed by atoms with van der Waals surface area (Å²) in [6.07, 6.45) is 3.05. The third-order valence-electron chi connectivity index (χ3n) is 13.7. The van der Waals surface area contributed by atoms with Crippen molar-refractivity contribution in [3.05, 3.63) is 131 Å². The molecule has 2 saturated heterocycles. The minimum atomic E-state index is -0.829. The molecule has 2 aliphatic rings. The third kappa shape index (κ3) is 11.2. The van der Waals surface area contributed by atoms with Crippen molar-refractivity contribution in [3.8, 4) is 44.5 Å². The smallest absolute Gasteiger partial charge is 0.254 e. The normalized spacial score (nSPS) is 17.9. The number of piperazine rings is 1. The average Bonchev–Trinajstić information content (AvgIpc) is 4.21. The Labute approximate surface area is 417 Å². The number of nitrogens with zero attached hydrogens (tertiary/aromatic N) is 9. The molecule has 3 aromatic carbocycles. The van der Waals surface area contributed by atoms with Gasteiger partial charge in [0.15, 0.2) is 11.6 Å². The number of hydrogen-bond donors (Lipinski definition) is 4. The van der Waals surface area contributed by atoms with Crippen molar-refractivity contribution in [2.45, 2.75) is 77.7 Å². The molecule has 0 bridgehead atoms. The molecule has 370 valence electrons. The molecular weight excluding hydrogens is 919 g/mol. The number of nitrogens with one attached hydrogen (secondary N) is 1. The number of carbonyl (C=O) groups excluding carboxylic acids is 2. The first kappa shape index (κ1) is 49.0. The molecule has 71 heavy (non-hydrogen) atoms. The first-order valence-electron chi connectivity index (χ1n) is 24.2. The molecule has 0 aliphatic carbocycles. The van der Waals surface area contributed by atoms with E-state index < -0.39 is 18.1 Å². The molecule has 4 aromatic heterocycles. The number of β-amino-alcohol motifs (C(OH)–C–C–N with tert-alkyl or cyclic N) is 1. The van der Waals surface area contributed by atoms with Gasteiger partial charge < -0.3 is 35.4 Å². The zero-order valence-electron chi connectivity index (χ0n) is 40.7. The number of ether oxygens (including phenoxy) is 1. The highest BCUT2D eigenvalue weighted by molar-refractivity contribution is 7.13. The maximum Gasteiger partial charge on any atom is 0.254 e. The Morgan fingerprint density at radius 2 is 1.65 bits per heavy atom. The van der Waals surface area contributed by atoms with Crippen LogP contribution in [0.5, 0.6) is 11.6 Å². The zero-order chi connectivity index (χ0) is 49.8. The van der Waals surface area contributed by atoms with Crippen LogP contribution in [0.2, 0.25) is 0 Å². The summed E-state index contributed by atoms with van der Waals surface area (Å²) in [7, 11) is 0. The highest BCUT2D eigenvalue weighted by atomic mass is 32.1. The fourth-order valence-electron chi connectivity index (χ4n) is 9.51. The predicted octanol–water partition coefficient (Wildman–Crippen LogP) is 7.10. The minimum Gasteiger partial charge on any atom is -0.507 e. The lowest BCUT2D eigenvalue weighted by Gasteiger charge is -2.34. The van der Waals surface area contributed by atoms with Gasteiger partial charge >= 0.3 is 0 Å². The van der Waals surface area contributed by atoms with E-state index in [-0.39, 0.29) is 54.3 Å². The third-order valence-corrected chi connectivity index (χ3v) is 14.7. The van der Waals surface area contributed by atoms with Gasteiger partial charge in [0.1, 0.15) is 24.3 Å². The lowest BCUT2D eigenvalue weighted by atomic mass is 9.91. The van der Waals surface area contributed by atoms with Gasteiger partial charge in [-0.2, -0.15) is 5.10 Å². The average molecular weight is 980 g/mol. The summed E-state index contributed by atoms with van der Waals surface area (Å²) in [5.41, 5.74) is 16.0. The molecule has 6 heterocycles. The molecule has 9 rings (SSSR count). The number of aromatic nitrogens is 6. The largest absolute Gasteiger partial charge is 0.507 e. The summed E-state index contributed by atoms with van der Waals surface area (Å²) in [6.45, 7) is 15.5. The van der Waals surface area contributed by atoms with Crippen LogP contribution in [-0.4, -0.2) is 125 Å². The van der Waals surface area contributed by atoms with Crippen molar-refractivity contribution in [1.29, 1.82) is 0 Å². The summed E-state index contributed by atoms with van der Waals surface area (Å²) in [4.78, 5) is 39.7. The van der Waals surface area contributed by atoms with E-state index in [1.54, 1.807) is 41.8 Å². The van der Waals surface area contributed by atoms with Gasteiger partial charge in [0.2, 0.25) is 11.8 Å². The molecule has 2 unspecified atom stereocenters. The molecule has 0 saturated carbocycles. The lowest BCUT2D eigenvalue weighted by molar-refractivity contribution is -0.141. The highest BCUT2D eigenvalue weighted by Gasteiger charge is 2.43. The number of benzene rings is 3. The van der Waals surface area contributed by atoms with Gasteiger partial charge in [0.25, 0.3) is 5.88 Å². The number of amides is 2. The van der Waals surface area contributed by atoms with Crippen LogP contribution < -0.4 is 15.8 Å². The van der Waals surface area contributed by atoms with Gasteiger partial charge in [0.05, 0.1) is 46.2 Å². The maximum atomic E-state index is 14.2. The Balaban J connectivity index is 0.725. The number of phenolic OH excluding ortho intramolecular Hbond substituents is 1. The minimum absolute atomic E-state index is 0.0254. The molecule has 5 atom stereocenters. The quantitative estimate of drug-likeness (QED) is 0.0717. The molecule has 2 fully saturated rings. The molecule has 0 spiro atoms. The fraction of sp³-hybridized carbons (Fsp3) is 0.377. The number of rotatable bonds is 17. The monoisotopic (exact) mass is 979 g/mol. The van der Waals surface area contributed by atoms with Crippen LogP contribution >= 0.6 is 11.3 Å². The van der Waals surface area contributed by atoms with Gasteiger partial charge in [-0.1, -0.05) is 74.5 Å². The second-order valence-electron chi connectivity index (χ2n) is 18.9. The zero-order valence-corrected chi connectivity index (χ0v) is 41.5. The summed E-state index contributed by atoms with van der Waals surface area (Å²) in [5, 5.41) is 41.3. The van der Waals surface area contributed by atoms with Crippen LogP contribution in [-0.2, 0) is 16.1 Å². The van der Waals surface area contributed by atoms with Crippen molar-refractivity contribution in [1.82, 2.24) is 50.1 Å². The Kier molecular flexibility index (Phi) is 14.9. The van der Waals surface area contributed by atoms with Gasteiger partial charge in [-0.3, -0.25) is 24.1 Å². The number of nitrogen functional groups attached to an aromatic ring is 1. The molecule has 7 aromatic rings. The van der Waals surface area contributed by atoms with Gasteiger partial charge in [0, 0.05) is 81.2 Å². The van der Waals surface area contributed by atoms with Crippen molar-refractivity contribution in [2.75, 3.05) is 51.6 Å². The second kappa shape index (κ2) is 21.6. The molecule has 0 radical (unpaired) electrons. The van der Waals surface area contributed by atoms with Gasteiger partial charge in [-0.05, 0) is 72.3 Å². The molecule has 18 heteroatoms. The van der Waals surface area contributed by atoms with Crippen molar-refractivity contribution < 1.29 is 29.1 Å². The number of thiazole rings is 1. The van der Waals surface area contributed by atoms with Crippen molar-refractivity contribution in [2.24, 2.45) is 5.92 Å². The number of phenols is 1. The summed E-state index contributed by atoms with van der Waals surface area (Å²) in [5.74, 6) is -0.430. The van der Waals surface area contributed by atoms with E-state index in [0.29, 0.717) is 41.6 Å². The number of aromatic hydroxyl groups is 1. The Morgan fingerprint density at radius 1 is 0.915 bits per heavy atom. The summed E-state index contributed by atoms with van der Waals surface area (Å²) < 4.78 is 13.7. The second-order valence-corrected chi connectivity index (χ2v) is 19.8. The first-order valence-corrected chi connectivity index (χ1v) is 25.1. The Bertz CT molecular complexity index is 2930. The maximum absolute atomic E-state index is 14.2. The Hall–Kier alpha value is -6.99. The van der Waals surface area contributed by atoms with Crippen molar-refractivity contribution in [3.63, 3.8) is 0 Å². The van der Waals surface area contributed by atoms with Gasteiger partial charge in [-0.25, -0.2) is 4.98 Å². The van der Waals surface area contributed by atoms with E-state index in [0.717, 1.165) is 65.5 Å². The SMILES string of the molecule is Cc1ncsc1-c1ccc([C@H](C)NC(=O)[C@@H]2C[C@@H](O)CN2C(=O)C(c2cc(OCCN3CCN(Cc4ccc(C(C)n5cc(-c6cc(-c7ccccc7O)nnc6N)cn5)cc4)CC3)no2)C(C)C)cc1. The van der Waals surface area contributed by atoms with Crippen LogP contribution in [0.1, 0.15) is 80.3 Å². The molecule has 17 nitrogen and oxygen atoms in total. The summed E-state index contributed by atoms with van der Waals surface area (Å²) >= 11 is 1.59. The number of aliphatic hydroxyl groups excluding tert-OH is 1. The Morgan fingerprint density at radius 3 is 2.37 bits per heavy atom. The van der Waals surface area contributed by atoms with Crippen LogP contribution in [0.3, 0.4) is 0 Å². The van der Waals surface area contributed by atoms with Crippen LogP contribution in [0, 0.1) is 12.8 Å². The number of para-hydroxylation sites is 1. The van der Waals surface area contributed by atoms with E-state index >= 15 is 0 Å². The molecule has 2 aliphatic heterocycles. The first-order chi connectivity index (χ1) is 34.3. The van der Waals surface area contributed by atoms with Gasteiger partial charge in [-0.15, -0.1) is 21.5 Å². The fourth-order valence-corrected chi connectivity index (χ4v) is 10.3. The topological polar surface area (TPSA) is 214 Å². The van der Waals surface area contributed by atoms with E-state index in [1.165, 1.54) is 10.5 Å². The molecule has 5 N–H and O–H groups in total. The van der Waals surface area contributed by atoms with Crippen LogP contribution in [0.4, 0.5) is 5.82 Å². The van der Waals surface area contributed by atoms with E-state index in [4.69, 9.17) is 15.0 Å². The van der Waals surface area contributed by atoms with E-state index in [2.05, 4.69) is 71.7 Å². The number of nitrogens with two attached hydrogens (primary N) is 1. The van der Waals surface area contributed by atoms with Crippen LogP contribution in [0.15, 0.2) is 107 Å². The number of carbonyl (C=O) groups is 2. The predicted molar refractivity (Wildman–Crippen MR) is 271 cm³/mol. The van der Waals surface area contributed by atoms with E-state index in [9.17, 15) is 19.8 Å². The molecular formula is C53H61N11O6S. The highest BCUT2D eigenvalue weighted by Crippen LogP contribution is 2.35. The standard InChI is InChI=1S/C53H61N11O6S/c1-32(2)49(53(68)63-30-41(65)24-45(63)52(67)57-33(3)37-14-16-39(17-15-37)50-34(4)55-31-71-50)47-26-48(60-70-47)69-23-22-61-18-20-62(21-19-61)28-36-10-12-38(13-11-36)35(5)64-29-40(27-56-64)43-25-44(58-59-51(43)54)42-8-6-7-9-46(42)66/h6-17,25-27,29,31-33,35,41,45,49,65-66H,18-24,28,30H2,1-5H3,(H2,54,59)(H,57,67)/t33-,35?,41+,45-,49?/m0/s1. The van der Waals surface area contributed by atoms with E-state index in [1.807, 2.05) is 80.5 Å². The number of likely N-dealkylation sites (tertiary alicyclic amines) is 1. The molecule has 2 amide bonds.